The minimum absolute atomic E-state index is 0.0112. The fraction of sp³-hybridized carbons (Fsp3) is 1.00. The van der Waals surface area contributed by atoms with E-state index in [-0.39, 0.29) is 5.60 Å². The lowest BCUT2D eigenvalue weighted by atomic mass is 10.1. The predicted molar refractivity (Wildman–Crippen MR) is 55.7 cm³/mol. The van der Waals surface area contributed by atoms with Gasteiger partial charge in [0.2, 0.25) is 0 Å². The summed E-state index contributed by atoms with van der Waals surface area (Å²) in [6.07, 6.45) is 5.66. The van der Waals surface area contributed by atoms with E-state index in [2.05, 4.69) is 26.1 Å². The van der Waals surface area contributed by atoms with Crippen LogP contribution in [-0.2, 0) is 4.74 Å². The van der Waals surface area contributed by atoms with Crippen LogP contribution >= 0.6 is 0 Å². The van der Waals surface area contributed by atoms with Crippen molar-refractivity contribution < 1.29 is 4.74 Å². The molecule has 2 heteroatoms. The Labute approximate surface area is 82.0 Å². The number of hydrogen-bond donors (Lipinski definition) is 1. The molecule has 1 rings (SSSR count). The maximum atomic E-state index is 5.58. The molecule has 0 aromatic carbocycles. The SMILES string of the molecule is CC(C)(C)OCNCC1CCCC1. The lowest BCUT2D eigenvalue weighted by Gasteiger charge is -2.20. The Balaban J connectivity index is 1.94. The number of hydrogen-bond acceptors (Lipinski definition) is 2. The van der Waals surface area contributed by atoms with Gasteiger partial charge in [-0.25, -0.2) is 0 Å². The van der Waals surface area contributed by atoms with Crippen LogP contribution in [0.25, 0.3) is 0 Å². The molecule has 78 valence electrons. The zero-order valence-corrected chi connectivity index (χ0v) is 9.23. The minimum atomic E-state index is -0.0112. The van der Waals surface area contributed by atoms with Gasteiger partial charge in [0.15, 0.2) is 0 Å². The second-order valence-corrected chi connectivity index (χ2v) is 5.01. The van der Waals surface area contributed by atoms with Crippen LogP contribution in [0, 0.1) is 5.92 Å². The molecule has 0 saturated heterocycles. The molecule has 0 heterocycles. The second kappa shape index (κ2) is 4.97. The third kappa shape index (κ3) is 5.27. The van der Waals surface area contributed by atoms with Crippen LogP contribution in [0.1, 0.15) is 46.5 Å². The highest BCUT2D eigenvalue weighted by molar-refractivity contribution is 4.68. The molecule has 0 radical (unpaired) electrons. The Morgan fingerprint density at radius 2 is 1.85 bits per heavy atom. The summed E-state index contributed by atoms with van der Waals surface area (Å²) in [6, 6.07) is 0. The maximum absolute atomic E-state index is 5.58. The molecular weight excluding hydrogens is 162 g/mol. The van der Waals surface area contributed by atoms with E-state index in [1.807, 2.05) is 0 Å². The molecular formula is C11H23NO. The van der Waals surface area contributed by atoms with Crippen LogP contribution < -0.4 is 5.32 Å². The Morgan fingerprint density at radius 1 is 1.23 bits per heavy atom. The van der Waals surface area contributed by atoms with Gasteiger partial charge >= 0.3 is 0 Å². The van der Waals surface area contributed by atoms with E-state index in [4.69, 9.17) is 4.74 Å². The van der Waals surface area contributed by atoms with Gasteiger partial charge in [0.1, 0.15) is 0 Å². The molecule has 1 aliphatic rings. The zero-order valence-electron chi connectivity index (χ0n) is 9.23. The lowest BCUT2D eigenvalue weighted by Crippen LogP contribution is -2.30. The highest BCUT2D eigenvalue weighted by Crippen LogP contribution is 2.23. The van der Waals surface area contributed by atoms with E-state index in [0.29, 0.717) is 6.73 Å². The van der Waals surface area contributed by atoms with E-state index in [1.165, 1.54) is 25.7 Å². The van der Waals surface area contributed by atoms with Gasteiger partial charge in [-0.1, -0.05) is 12.8 Å². The van der Waals surface area contributed by atoms with Crippen LogP contribution in [0.4, 0.5) is 0 Å². The quantitative estimate of drug-likeness (QED) is 0.537. The molecule has 0 atom stereocenters. The van der Waals surface area contributed by atoms with Crippen molar-refractivity contribution in [1.29, 1.82) is 0 Å². The van der Waals surface area contributed by atoms with Crippen LogP contribution in [0.15, 0.2) is 0 Å². The number of nitrogens with one attached hydrogen (secondary N) is 1. The zero-order chi connectivity index (χ0) is 9.73. The van der Waals surface area contributed by atoms with Gasteiger partial charge in [0, 0.05) is 6.54 Å². The van der Waals surface area contributed by atoms with Gasteiger partial charge in [-0.15, -0.1) is 0 Å². The average Bonchev–Trinajstić information content (AvgIpc) is 2.48. The first-order valence-electron chi connectivity index (χ1n) is 5.42. The van der Waals surface area contributed by atoms with Crippen molar-refractivity contribution >= 4 is 0 Å². The third-order valence-electron chi connectivity index (χ3n) is 2.52. The lowest BCUT2D eigenvalue weighted by molar-refractivity contribution is -0.0142. The molecule has 2 nitrogen and oxygen atoms in total. The van der Waals surface area contributed by atoms with Crippen molar-refractivity contribution in [3.63, 3.8) is 0 Å². The maximum Gasteiger partial charge on any atom is 0.0972 e. The molecule has 0 unspecified atom stereocenters. The van der Waals surface area contributed by atoms with Crippen LogP contribution in [0.5, 0.6) is 0 Å². The van der Waals surface area contributed by atoms with Crippen molar-refractivity contribution in [3.05, 3.63) is 0 Å². The Kier molecular flexibility index (Phi) is 4.20. The van der Waals surface area contributed by atoms with Crippen molar-refractivity contribution in [2.45, 2.75) is 52.1 Å². The second-order valence-electron chi connectivity index (χ2n) is 5.01. The van der Waals surface area contributed by atoms with Crippen molar-refractivity contribution in [1.82, 2.24) is 5.32 Å². The van der Waals surface area contributed by atoms with E-state index in [1.54, 1.807) is 0 Å². The highest BCUT2D eigenvalue weighted by atomic mass is 16.5. The summed E-state index contributed by atoms with van der Waals surface area (Å²) < 4.78 is 5.58. The number of ether oxygens (including phenoxy) is 1. The number of rotatable bonds is 4. The predicted octanol–water partition coefficient (Wildman–Crippen LogP) is 2.54. The summed E-state index contributed by atoms with van der Waals surface area (Å²) in [5, 5.41) is 3.36. The van der Waals surface area contributed by atoms with Crippen LogP contribution in [0.2, 0.25) is 0 Å². The van der Waals surface area contributed by atoms with E-state index < -0.39 is 0 Å². The molecule has 1 N–H and O–H groups in total. The van der Waals surface area contributed by atoms with Crippen LogP contribution in [0.3, 0.4) is 0 Å². The first-order chi connectivity index (χ1) is 6.08. The third-order valence-corrected chi connectivity index (χ3v) is 2.52. The van der Waals surface area contributed by atoms with Gasteiger partial charge in [-0.3, -0.25) is 5.32 Å². The molecule has 0 aromatic heterocycles. The molecule has 1 aliphatic carbocycles. The van der Waals surface area contributed by atoms with Gasteiger partial charge in [-0.2, -0.15) is 0 Å². The molecule has 0 spiro atoms. The smallest absolute Gasteiger partial charge is 0.0972 e. The Morgan fingerprint density at radius 3 is 2.38 bits per heavy atom. The standard InChI is InChI=1S/C11H23NO/c1-11(2,3)13-9-12-8-10-6-4-5-7-10/h10,12H,4-9H2,1-3H3. The monoisotopic (exact) mass is 185 g/mol. The summed E-state index contributed by atoms with van der Waals surface area (Å²) >= 11 is 0. The van der Waals surface area contributed by atoms with Crippen LogP contribution in [-0.4, -0.2) is 18.9 Å². The van der Waals surface area contributed by atoms with E-state index in [0.717, 1.165) is 12.5 Å². The molecule has 0 aromatic rings. The molecule has 0 aliphatic heterocycles. The van der Waals surface area contributed by atoms with Gasteiger partial charge in [0.25, 0.3) is 0 Å². The summed E-state index contributed by atoms with van der Waals surface area (Å²) in [6.45, 7) is 8.09. The molecule has 0 bridgehead atoms. The highest BCUT2D eigenvalue weighted by Gasteiger charge is 2.14. The fourth-order valence-electron chi connectivity index (χ4n) is 1.75. The molecule has 0 amide bonds. The van der Waals surface area contributed by atoms with Crippen molar-refractivity contribution in [2.24, 2.45) is 5.92 Å². The van der Waals surface area contributed by atoms with Crippen molar-refractivity contribution in [3.8, 4) is 0 Å². The first-order valence-corrected chi connectivity index (χ1v) is 5.42. The summed E-state index contributed by atoms with van der Waals surface area (Å²) in [5.74, 6) is 0.906. The summed E-state index contributed by atoms with van der Waals surface area (Å²) in [7, 11) is 0. The molecule has 13 heavy (non-hydrogen) atoms. The van der Waals surface area contributed by atoms with Gasteiger partial charge in [0.05, 0.1) is 12.3 Å². The fourth-order valence-corrected chi connectivity index (χ4v) is 1.75. The van der Waals surface area contributed by atoms with Gasteiger partial charge in [-0.05, 0) is 39.5 Å². The average molecular weight is 185 g/mol. The molecule has 1 saturated carbocycles. The Bertz CT molecular complexity index is 134. The van der Waals surface area contributed by atoms with E-state index in [9.17, 15) is 0 Å². The van der Waals surface area contributed by atoms with E-state index >= 15 is 0 Å². The topological polar surface area (TPSA) is 21.3 Å². The Hall–Kier alpha value is -0.0800. The largest absolute Gasteiger partial charge is 0.361 e. The normalized spacial score (nSPS) is 19.6. The van der Waals surface area contributed by atoms with Crippen molar-refractivity contribution in [2.75, 3.05) is 13.3 Å². The first kappa shape index (κ1) is 11.0. The minimum Gasteiger partial charge on any atom is -0.361 e. The summed E-state index contributed by atoms with van der Waals surface area (Å²) in [4.78, 5) is 0. The van der Waals surface area contributed by atoms with Gasteiger partial charge < -0.3 is 4.74 Å². The molecule has 1 fully saturated rings. The summed E-state index contributed by atoms with van der Waals surface area (Å²) in [5.41, 5.74) is -0.0112.